The van der Waals surface area contributed by atoms with Crippen molar-refractivity contribution < 1.29 is 40.1 Å². The highest BCUT2D eigenvalue weighted by Crippen LogP contribution is 2.43. The Balaban J connectivity index is 1.08. The number of hydrogen-bond donors (Lipinski definition) is 3. The van der Waals surface area contributed by atoms with Crippen LogP contribution in [0.4, 0.5) is 5.69 Å². The fourth-order valence-corrected chi connectivity index (χ4v) is 10.6. The van der Waals surface area contributed by atoms with Crippen LogP contribution in [-0.2, 0) is 31.4 Å². The van der Waals surface area contributed by atoms with E-state index in [9.17, 15) is 31.0 Å². The molecule has 67 heavy (non-hydrogen) atoms. The number of carbonyl (C=O) groups excluding carboxylic acids is 2. The Morgan fingerprint density at radius 2 is 1.52 bits per heavy atom. The molecule has 1 amide bonds. The number of rotatable bonds is 18. The van der Waals surface area contributed by atoms with Gasteiger partial charge >= 0.3 is 0 Å². The number of amides is 1. The molecule has 0 saturated heterocycles. The summed E-state index contributed by atoms with van der Waals surface area (Å²) < 4.78 is 82.6. The van der Waals surface area contributed by atoms with Gasteiger partial charge in [-0.2, -0.15) is 8.42 Å². The molecule has 0 bridgehead atoms. The standard InChI is InChI=1S/C50H54ClN5O9S2/c1-7-54(8-2)35-17-21-39-45(27-35)65-46-28-36(55(9-3)10-4)18-22-40(46)49(39)41-23-20-38(30-47(41)67(61,62)63)66(59,60)53-26-12-11-25-52-48(57)31-42-32(5)56(44-24-19-37(64-6)29-43(42)44)50(58)33-13-15-34(51)16-14-33/h13-24,27-30,53H,7-12,25-26,31H2,1-6H3,(H-,52,57,61,62,63)/p+1. The number of anilines is 1. The van der Waals surface area contributed by atoms with Crippen molar-refractivity contribution in [2.24, 2.45) is 0 Å². The number of halogens is 1. The van der Waals surface area contributed by atoms with Crippen molar-refractivity contribution in [1.29, 1.82) is 0 Å². The number of ether oxygens (including phenoxy) is 1. The Hall–Kier alpha value is -6.04. The van der Waals surface area contributed by atoms with Crippen LogP contribution >= 0.6 is 11.6 Å². The molecule has 0 radical (unpaired) electrons. The first-order valence-electron chi connectivity index (χ1n) is 22.2. The maximum atomic E-state index is 13.7. The van der Waals surface area contributed by atoms with Crippen molar-refractivity contribution in [3.8, 4) is 28.2 Å². The highest BCUT2D eigenvalue weighted by molar-refractivity contribution is 7.89. The molecule has 0 atom stereocenters. The van der Waals surface area contributed by atoms with E-state index >= 15 is 0 Å². The van der Waals surface area contributed by atoms with E-state index in [1.54, 1.807) is 61.1 Å². The van der Waals surface area contributed by atoms with E-state index in [1.807, 2.05) is 36.4 Å². The number of nitrogens with zero attached hydrogens (tertiary/aromatic N) is 3. The molecule has 1 aliphatic heterocycles. The number of carbonyl (C=O) groups is 2. The van der Waals surface area contributed by atoms with Crippen molar-refractivity contribution in [3.63, 3.8) is 0 Å². The van der Waals surface area contributed by atoms with Crippen LogP contribution in [0.5, 0.6) is 5.75 Å². The zero-order valence-corrected chi connectivity index (χ0v) is 40.7. The summed E-state index contributed by atoms with van der Waals surface area (Å²) in [6.45, 7) is 13.2. The molecule has 3 N–H and O–H groups in total. The van der Waals surface area contributed by atoms with Crippen LogP contribution in [0.25, 0.3) is 44.3 Å². The summed E-state index contributed by atoms with van der Waals surface area (Å²) in [5.41, 5.74) is 4.88. The number of hydrogen-bond acceptors (Lipinski definition) is 9. The number of methoxy groups -OCH3 is 1. The van der Waals surface area contributed by atoms with Crippen LogP contribution in [0, 0.1) is 6.92 Å². The SMILES string of the molecule is CCN(CC)c1ccc2c(-c3ccc(S(=O)(=O)NCCCCNC(=O)Cc4c(C)n(C(=O)c5ccc(Cl)cc5)c5ccc(OC)cc45)cc3S(=O)(=O)O)c3ccc(=[N+](CC)CC)cc-3oc2c1. The molecule has 2 aliphatic rings. The Labute approximate surface area is 396 Å². The Bertz CT molecular complexity index is 3260. The molecule has 0 spiro atoms. The Morgan fingerprint density at radius 1 is 0.821 bits per heavy atom. The monoisotopic (exact) mass is 968 g/mol. The third-order valence-corrected chi connectivity index (χ3v) is 14.8. The number of unbranched alkanes of at least 4 members (excludes halogenated alkanes) is 1. The molecule has 0 unspecified atom stereocenters. The van der Waals surface area contributed by atoms with Gasteiger partial charge in [-0.25, -0.2) is 17.7 Å². The first-order chi connectivity index (χ1) is 32.0. The average Bonchev–Trinajstić information content (AvgIpc) is 3.58. The molecule has 7 rings (SSSR count). The van der Waals surface area contributed by atoms with E-state index in [2.05, 4.69) is 47.2 Å². The second-order valence-corrected chi connectivity index (χ2v) is 19.6. The van der Waals surface area contributed by atoms with Crippen LogP contribution in [-0.4, -0.2) is 84.1 Å². The van der Waals surface area contributed by atoms with Crippen molar-refractivity contribution in [2.45, 2.75) is 63.7 Å². The smallest absolute Gasteiger partial charge is 0.295 e. The highest BCUT2D eigenvalue weighted by atomic mass is 35.5. The predicted octanol–water partition coefficient (Wildman–Crippen LogP) is 8.14. The normalized spacial score (nSPS) is 11.9. The van der Waals surface area contributed by atoms with Crippen molar-refractivity contribution in [2.75, 3.05) is 51.3 Å². The number of sulfonamides is 1. The molecule has 17 heteroatoms. The van der Waals surface area contributed by atoms with Gasteiger partial charge in [-0.05, 0) is 126 Å². The summed E-state index contributed by atoms with van der Waals surface area (Å²) >= 11 is 6.06. The Kier molecular flexibility index (Phi) is 14.9. The summed E-state index contributed by atoms with van der Waals surface area (Å²) in [6.07, 6.45) is 0.732. The van der Waals surface area contributed by atoms with Gasteiger partial charge in [-0.3, -0.25) is 18.7 Å². The second kappa shape index (κ2) is 20.4. The average molecular weight is 970 g/mol. The largest absolute Gasteiger partial charge is 0.497 e. The summed E-state index contributed by atoms with van der Waals surface area (Å²) in [5.74, 6) is 0.502. The molecule has 5 aromatic rings. The van der Waals surface area contributed by atoms with Crippen molar-refractivity contribution in [1.82, 2.24) is 19.2 Å². The van der Waals surface area contributed by atoms with Gasteiger partial charge in [0.25, 0.3) is 16.0 Å². The third kappa shape index (κ3) is 10.3. The molecule has 1 aliphatic carbocycles. The van der Waals surface area contributed by atoms with E-state index in [4.69, 9.17) is 20.8 Å². The van der Waals surface area contributed by atoms with E-state index < -0.39 is 25.0 Å². The number of fused-ring (bicyclic) bond motifs is 3. The van der Waals surface area contributed by atoms with Gasteiger partial charge in [0.1, 0.15) is 35.1 Å². The lowest BCUT2D eigenvalue weighted by Gasteiger charge is -2.22. The lowest BCUT2D eigenvalue weighted by Crippen LogP contribution is -2.29. The maximum absolute atomic E-state index is 13.7. The summed E-state index contributed by atoms with van der Waals surface area (Å²) in [5, 5.41) is 5.59. The molecular formula is C50H55ClN5O9S2+. The van der Waals surface area contributed by atoms with Gasteiger partial charge in [0, 0.05) is 87.7 Å². The number of benzene rings is 5. The molecule has 352 valence electrons. The third-order valence-electron chi connectivity index (χ3n) is 12.1. The maximum Gasteiger partial charge on any atom is 0.295 e. The molecule has 4 aromatic carbocycles. The van der Waals surface area contributed by atoms with E-state index in [1.165, 1.54) is 12.1 Å². The van der Waals surface area contributed by atoms with Crippen LogP contribution in [0.15, 0.2) is 111 Å². The quantitative estimate of drug-likeness (QED) is 0.0329. The summed E-state index contributed by atoms with van der Waals surface area (Å²) in [6, 6.07) is 27.0. The molecule has 1 aromatic heterocycles. The molecule has 14 nitrogen and oxygen atoms in total. The van der Waals surface area contributed by atoms with E-state index in [-0.39, 0.29) is 41.8 Å². The molecule has 0 fully saturated rings. The summed E-state index contributed by atoms with van der Waals surface area (Å²) in [7, 11) is -7.69. The van der Waals surface area contributed by atoms with E-state index in [0.29, 0.717) is 79.2 Å². The van der Waals surface area contributed by atoms with Gasteiger partial charge in [0.15, 0.2) is 0 Å². The van der Waals surface area contributed by atoms with Crippen LogP contribution < -0.4 is 29.6 Å². The van der Waals surface area contributed by atoms with Gasteiger partial charge in [0.2, 0.25) is 21.3 Å². The van der Waals surface area contributed by atoms with Crippen molar-refractivity contribution >= 4 is 71.1 Å². The summed E-state index contributed by atoms with van der Waals surface area (Å²) in [4.78, 5) is 28.2. The number of nitrogens with one attached hydrogen (secondary N) is 2. The van der Waals surface area contributed by atoms with Crippen molar-refractivity contribution in [3.05, 3.63) is 124 Å². The van der Waals surface area contributed by atoms with Gasteiger partial charge in [-0.1, -0.05) is 17.7 Å². The van der Waals surface area contributed by atoms with Gasteiger partial charge in [-0.15, -0.1) is 0 Å². The predicted molar refractivity (Wildman–Crippen MR) is 264 cm³/mol. The fourth-order valence-electron chi connectivity index (χ4n) is 8.60. The molecule has 0 saturated carbocycles. The fraction of sp³-hybridized carbons (Fsp3) is 0.300. The van der Waals surface area contributed by atoms with Crippen LogP contribution in [0.3, 0.4) is 0 Å². The van der Waals surface area contributed by atoms with Crippen LogP contribution in [0.2, 0.25) is 5.02 Å². The number of aromatic nitrogens is 1. The topological polar surface area (TPSA) is 180 Å². The first-order valence-corrected chi connectivity index (χ1v) is 25.5. The van der Waals surface area contributed by atoms with E-state index in [0.717, 1.165) is 43.3 Å². The minimum absolute atomic E-state index is 0.0143. The zero-order valence-electron chi connectivity index (χ0n) is 38.4. The molecular weight excluding hydrogens is 914 g/mol. The van der Waals surface area contributed by atoms with Gasteiger partial charge in [0.05, 0.1) is 30.0 Å². The van der Waals surface area contributed by atoms with Gasteiger partial charge < -0.3 is 19.4 Å². The molecule has 2 heterocycles. The highest BCUT2D eigenvalue weighted by Gasteiger charge is 2.28. The lowest BCUT2D eigenvalue weighted by molar-refractivity contribution is -0.120. The zero-order chi connectivity index (χ0) is 48.2. The van der Waals surface area contributed by atoms with Crippen LogP contribution in [0.1, 0.15) is 62.2 Å². The minimum atomic E-state index is -4.97. The first kappa shape index (κ1) is 48.9. The second-order valence-electron chi connectivity index (χ2n) is 16.0. The Morgan fingerprint density at radius 3 is 2.19 bits per heavy atom. The minimum Gasteiger partial charge on any atom is -0.497 e. The lowest BCUT2D eigenvalue weighted by atomic mass is 9.93.